The third kappa shape index (κ3) is 2.20. The lowest BCUT2D eigenvalue weighted by molar-refractivity contribution is -0.387. The van der Waals surface area contributed by atoms with Crippen LogP contribution >= 0.6 is 0 Å². The number of para-hydroxylation sites is 1. The van der Waals surface area contributed by atoms with Crippen LogP contribution in [0.1, 0.15) is 12.8 Å². The summed E-state index contributed by atoms with van der Waals surface area (Å²) in [5, 5.41) is 20.3. The molecule has 0 spiro atoms. The van der Waals surface area contributed by atoms with Gasteiger partial charge in [-0.15, -0.1) is 0 Å². The van der Waals surface area contributed by atoms with Gasteiger partial charge in [0.2, 0.25) is 0 Å². The number of epoxide rings is 1. The molecule has 1 aliphatic carbocycles. The average Bonchev–Trinajstić information content (AvgIpc) is 3.13. The number of sulfonamides is 1. The minimum atomic E-state index is -4.55. The van der Waals surface area contributed by atoms with Gasteiger partial charge < -0.3 is 9.84 Å². The van der Waals surface area contributed by atoms with Crippen molar-refractivity contribution in [3.8, 4) is 0 Å². The van der Waals surface area contributed by atoms with Crippen molar-refractivity contribution in [1.29, 1.82) is 0 Å². The number of hydrogen-bond acceptors (Lipinski definition) is 6. The van der Waals surface area contributed by atoms with Crippen LogP contribution in [-0.2, 0) is 14.8 Å². The van der Waals surface area contributed by atoms with Crippen LogP contribution in [0.25, 0.3) is 0 Å². The molecular weight excluding hydrogens is 316 g/mol. The molecule has 0 aromatic heterocycles. The van der Waals surface area contributed by atoms with E-state index in [1.807, 2.05) is 0 Å². The highest BCUT2D eigenvalue weighted by atomic mass is 32.2. The SMILES string of the molecule is O=C(O)N([C@H]1CC[C@@H]2O[C@@H]21)S(=O)(=O)c1ccccc1[N+](=O)[O-]. The molecule has 9 nitrogen and oxygen atoms in total. The Balaban J connectivity index is 2.07. The molecule has 1 aromatic rings. The second kappa shape index (κ2) is 4.92. The number of carbonyl (C=O) groups is 1. The maximum atomic E-state index is 12.6. The Morgan fingerprint density at radius 1 is 1.36 bits per heavy atom. The Bertz CT molecular complexity index is 748. The third-order valence-electron chi connectivity index (χ3n) is 3.84. The Morgan fingerprint density at radius 3 is 2.55 bits per heavy atom. The van der Waals surface area contributed by atoms with E-state index >= 15 is 0 Å². The predicted octanol–water partition coefficient (Wildman–Crippen LogP) is 1.19. The summed E-state index contributed by atoms with van der Waals surface area (Å²) in [5.74, 6) is 0. The fourth-order valence-corrected chi connectivity index (χ4v) is 4.49. The summed E-state index contributed by atoms with van der Waals surface area (Å²) < 4.78 is 30.8. The van der Waals surface area contributed by atoms with E-state index < -0.39 is 43.8 Å². The molecular formula is C12H12N2O7S. The molecule has 1 amide bonds. The molecule has 1 aliphatic heterocycles. The zero-order chi connectivity index (χ0) is 16.1. The Labute approximate surface area is 125 Å². The fraction of sp³-hybridized carbons (Fsp3) is 0.417. The number of nitrogens with zero attached hydrogens (tertiary/aromatic N) is 2. The number of rotatable bonds is 4. The number of nitro groups is 1. The summed E-state index contributed by atoms with van der Waals surface area (Å²) >= 11 is 0. The summed E-state index contributed by atoms with van der Waals surface area (Å²) in [6.07, 6.45) is -1.31. The van der Waals surface area contributed by atoms with Gasteiger partial charge in [-0.3, -0.25) is 10.1 Å². The highest BCUT2D eigenvalue weighted by Crippen LogP contribution is 2.43. The summed E-state index contributed by atoms with van der Waals surface area (Å²) in [4.78, 5) is 21.0. The molecule has 2 aliphatic rings. The lowest BCUT2D eigenvalue weighted by Crippen LogP contribution is -2.45. The van der Waals surface area contributed by atoms with E-state index in [4.69, 9.17) is 4.74 Å². The summed E-state index contributed by atoms with van der Waals surface area (Å²) in [5.41, 5.74) is -0.653. The Hall–Kier alpha value is -2.20. The van der Waals surface area contributed by atoms with Crippen molar-refractivity contribution in [3.63, 3.8) is 0 Å². The second-order valence-corrected chi connectivity index (χ2v) is 6.88. The molecule has 1 saturated heterocycles. The monoisotopic (exact) mass is 328 g/mol. The van der Waals surface area contributed by atoms with Crippen LogP contribution in [0.3, 0.4) is 0 Å². The summed E-state index contributed by atoms with van der Waals surface area (Å²) in [6, 6.07) is 3.84. The average molecular weight is 328 g/mol. The third-order valence-corrected chi connectivity index (χ3v) is 5.68. The van der Waals surface area contributed by atoms with Crippen molar-refractivity contribution in [2.75, 3.05) is 0 Å². The van der Waals surface area contributed by atoms with Crippen LogP contribution in [0.2, 0.25) is 0 Å². The highest BCUT2D eigenvalue weighted by Gasteiger charge is 2.56. The van der Waals surface area contributed by atoms with Gasteiger partial charge in [0.25, 0.3) is 15.7 Å². The number of nitro benzene ring substituents is 1. The first-order valence-electron chi connectivity index (χ1n) is 6.50. The first-order chi connectivity index (χ1) is 10.3. The predicted molar refractivity (Wildman–Crippen MR) is 71.8 cm³/mol. The van der Waals surface area contributed by atoms with E-state index in [2.05, 4.69) is 0 Å². The van der Waals surface area contributed by atoms with Crippen molar-refractivity contribution in [2.24, 2.45) is 0 Å². The molecule has 0 radical (unpaired) electrons. The second-order valence-electron chi connectivity index (χ2n) is 5.09. The van der Waals surface area contributed by atoms with E-state index in [9.17, 15) is 28.4 Å². The van der Waals surface area contributed by atoms with E-state index in [1.165, 1.54) is 12.1 Å². The molecule has 3 atom stereocenters. The van der Waals surface area contributed by atoms with Crippen molar-refractivity contribution in [1.82, 2.24) is 4.31 Å². The molecule has 1 aromatic carbocycles. The van der Waals surface area contributed by atoms with Crippen LogP contribution in [0.5, 0.6) is 0 Å². The van der Waals surface area contributed by atoms with Gasteiger partial charge in [0.05, 0.1) is 17.1 Å². The first kappa shape index (κ1) is 14.7. The summed E-state index contributed by atoms with van der Waals surface area (Å²) in [7, 11) is -4.55. The zero-order valence-electron chi connectivity index (χ0n) is 11.2. The molecule has 0 unspecified atom stereocenters. The molecule has 1 heterocycles. The zero-order valence-corrected chi connectivity index (χ0v) is 12.0. The maximum absolute atomic E-state index is 12.6. The quantitative estimate of drug-likeness (QED) is 0.499. The van der Waals surface area contributed by atoms with Crippen LogP contribution < -0.4 is 0 Å². The van der Waals surface area contributed by atoms with Gasteiger partial charge >= 0.3 is 6.09 Å². The van der Waals surface area contributed by atoms with E-state index in [1.54, 1.807) is 0 Å². The largest absolute Gasteiger partial charge is 0.464 e. The van der Waals surface area contributed by atoms with Crippen LogP contribution in [0.15, 0.2) is 29.2 Å². The Kier molecular flexibility index (Phi) is 3.29. The minimum absolute atomic E-state index is 0.118. The molecule has 3 rings (SSSR count). The number of amides is 1. The number of benzene rings is 1. The van der Waals surface area contributed by atoms with Gasteiger partial charge in [0.15, 0.2) is 4.90 Å². The van der Waals surface area contributed by atoms with Gasteiger partial charge in [0.1, 0.15) is 6.10 Å². The molecule has 10 heteroatoms. The van der Waals surface area contributed by atoms with Gasteiger partial charge in [0, 0.05) is 6.07 Å². The first-order valence-corrected chi connectivity index (χ1v) is 7.94. The number of ether oxygens (including phenoxy) is 1. The minimum Gasteiger partial charge on any atom is -0.464 e. The highest BCUT2D eigenvalue weighted by molar-refractivity contribution is 7.89. The van der Waals surface area contributed by atoms with Crippen LogP contribution in [-0.4, -0.2) is 47.1 Å². The molecule has 2 fully saturated rings. The van der Waals surface area contributed by atoms with Crippen molar-refractivity contribution < 1.29 is 28.0 Å². The summed E-state index contributed by atoms with van der Waals surface area (Å²) in [6.45, 7) is 0. The van der Waals surface area contributed by atoms with Gasteiger partial charge in [-0.1, -0.05) is 12.1 Å². The van der Waals surface area contributed by atoms with Gasteiger partial charge in [-0.05, 0) is 18.9 Å². The number of hydrogen-bond donors (Lipinski definition) is 1. The maximum Gasteiger partial charge on any atom is 0.421 e. The number of carboxylic acid groups (broad SMARTS) is 1. The van der Waals surface area contributed by atoms with Crippen molar-refractivity contribution in [3.05, 3.63) is 34.4 Å². The molecule has 118 valence electrons. The fourth-order valence-electron chi connectivity index (χ4n) is 2.83. The molecule has 0 bridgehead atoms. The van der Waals surface area contributed by atoms with E-state index in [0.29, 0.717) is 17.1 Å². The molecule has 1 N–H and O–H groups in total. The lowest BCUT2D eigenvalue weighted by Gasteiger charge is -2.25. The molecule has 22 heavy (non-hydrogen) atoms. The van der Waals surface area contributed by atoms with Crippen LogP contribution in [0.4, 0.5) is 10.5 Å². The van der Waals surface area contributed by atoms with Crippen molar-refractivity contribution in [2.45, 2.75) is 36.0 Å². The number of fused-ring (bicyclic) bond motifs is 1. The van der Waals surface area contributed by atoms with E-state index in [0.717, 1.165) is 12.1 Å². The van der Waals surface area contributed by atoms with Crippen molar-refractivity contribution >= 4 is 21.8 Å². The van der Waals surface area contributed by atoms with Gasteiger partial charge in [-0.25, -0.2) is 13.2 Å². The van der Waals surface area contributed by atoms with E-state index in [-0.39, 0.29) is 6.10 Å². The standard InChI is InChI=1S/C12H12N2O7S/c15-12(16)13(8-5-6-9-11(8)21-9)22(19,20)10-4-2-1-3-7(10)14(17)18/h1-4,8-9,11H,5-6H2,(H,15,16)/t8-,9-,11+/m0/s1. The van der Waals surface area contributed by atoms with Gasteiger partial charge in [-0.2, -0.15) is 4.31 Å². The molecule has 1 saturated carbocycles. The topological polar surface area (TPSA) is 130 Å². The smallest absolute Gasteiger partial charge is 0.421 e. The normalized spacial score (nSPS) is 26.3. The Morgan fingerprint density at radius 2 is 2.05 bits per heavy atom. The van der Waals surface area contributed by atoms with Crippen LogP contribution in [0, 0.1) is 10.1 Å². The lowest BCUT2D eigenvalue weighted by atomic mass is 10.2.